The van der Waals surface area contributed by atoms with E-state index < -0.39 is 0 Å². The number of nitrogens with one attached hydrogen (secondary N) is 3. The second-order valence-electron chi connectivity index (χ2n) is 17.9. The first-order valence-electron chi connectivity index (χ1n) is 31.1. The van der Waals surface area contributed by atoms with Gasteiger partial charge in [0.2, 0.25) is 17.1 Å². The van der Waals surface area contributed by atoms with Crippen molar-refractivity contribution in [1.29, 1.82) is 0 Å². The van der Waals surface area contributed by atoms with E-state index in [-0.39, 0.29) is 5.56 Å². The highest BCUT2D eigenvalue weighted by molar-refractivity contribution is 5.80. The molecule has 0 bridgehead atoms. The summed E-state index contributed by atoms with van der Waals surface area (Å²) < 4.78 is 4.04. The summed E-state index contributed by atoms with van der Waals surface area (Å²) in [6, 6.07) is 19.8. The van der Waals surface area contributed by atoms with Gasteiger partial charge in [-0.2, -0.15) is 0 Å². The van der Waals surface area contributed by atoms with E-state index in [1.807, 2.05) is 212 Å². The summed E-state index contributed by atoms with van der Waals surface area (Å²) in [6.45, 7) is 57.9. The molecule has 0 atom stereocenters. The maximum atomic E-state index is 10.7. The van der Waals surface area contributed by atoms with Gasteiger partial charge in [0.25, 0.3) is 0 Å². The van der Waals surface area contributed by atoms with Crippen LogP contribution in [0.25, 0.3) is 33.6 Å². The number of aromatic amines is 3. The van der Waals surface area contributed by atoms with Gasteiger partial charge in [-0.1, -0.05) is 194 Å². The molecular weight excluding hydrogens is 1020 g/mol. The molecular formula is C70H116N12O. The summed E-state index contributed by atoms with van der Waals surface area (Å²) in [7, 11) is 0. The van der Waals surface area contributed by atoms with E-state index in [1.165, 1.54) is 38.9 Å². The molecule has 0 saturated heterocycles. The highest BCUT2D eigenvalue weighted by Crippen LogP contribution is 2.24. The number of hydrogen-bond acceptors (Lipinski definition) is 8. The van der Waals surface area contributed by atoms with Crippen molar-refractivity contribution in [2.45, 2.75) is 229 Å². The zero-order chi connectivity index (χ0) is 64.5. The molecule has 0 aliphatic heterocycles. The van der Waals surface area contributed by atoms with Crippen molar-refractivity contribution in [3.05, 3.63) is 185 Å². The predicted molar refractivity (Wildman–Crippen MR) is 365 cm³/mol. The molecule has 0 aliphatic rings. The van der Waals surface area contributed by atoms with E-state index in [4.69, 9.17) is 0 Å². The molecule has 0 fully saturated rings. The van der Waals surface area contributed by atoms with Crippen LogP contribution in [0.3, 0.4) is 0 Å². The Balaban J connectivity index is -0.000000430. The van der Waals surface area contributed by atoms with Crippen LogP contribution in [0.1, 0.15) is 263 Å². The van der Waals surface area contributed by atoms with Gasteiger partial charge in [-0.3, -0.25) is 18.6 Å². The zero-order valence-electron chi connectivity index (χ0n) is 57.2. The number of imidazole rings is 2. The van der Waals surface area contributed by atoms with E-state index in [1.54, 1.807) is 30.9 Å². The Kier molecular flexibility index (Phi) is 51.1. The summed E-state index contributed by atoms with van der Waals surface area (Å²) in [5, 5.41) is 2.49. The number of aromatic nitrogens is 12. The Hall–Kier alpha value is -7.28. The lowest BCUT2D eigenvalue weighted by molar-refractivity contribution is 0.794. The van der Waals surface area contributed by atoms with Crippen LogP contribution in [0.4, 0.5) is 0 Å². The highest BCUT2D eigenvalue weighted by Gasteiger charge is 2.08. The minimum absolute atomic E-state index is 0.0220. The molecule has 0 aliphatic carbocycles. The number of rotatable bonds is 6. The molecule has 10 aromatic rings. The van der Waals surface area contributed by atoms with Gasteiger partial charge < -0.3 is 15.0 Å². The average Bonchev–Trinajstić information content (AvgIpc) is 4.54. The molecule has 10 aromatic heterocycles. The fourth-order valence-electron chi connectivity index (χ4n) is 7.11. The van der Waals surface area contributed by atoms with Gasteiger partial charge in [-0.05, 0) is 112 Å². The van der Waals surface area contributed by atoms with Crippen molar-refractivity contribution in [3.63, 3.8) is 0 Å². The summed E-state index contributed by atoms with van der Waals surface area (Å²) in [4.78, 5) is 48.5. The minimum atomic E-state index is -0.0220. The summed E-state index contributed by atoms with van der Waals surface area (Å²) in [5.74, 6) is 4.72. The Morgan fingerprint density at radius 3 is 1.36 bits per heavy atom. The SMILES string of the molecule is CC.CC.CC.CC.CC.CC.CC.CC.CC(C)c1c[nH]c2ncccc12.CC(C)c1cc[nH]c(=O)c1.CC(C)c1ccnc2[nH]ccc12.CC(C)c1ccnc2nccn12.CC(C)c1ccncc1.CC(C)c1cnc2ncccn12. The summed E-state index contributed by atoms with van der Waals surface area (Å²) in [5.41, 5.74) is 9.55. The molecule has 13 heteroatoms. The molecule has 10 rings (SSSR count). The van der Waals surface area contributed by atoms with Crippen LogP contribution in [0.15, 0.2) is 146 Å². The number of hydrogen-bond donors (Lipinski definition) is 3. The fourth-order valence-corrected chi connectivity index (χ4v) is 7.11. The Bertz CT molecular complexity index is 2880. The first-order chi connectivity index (χ1) is 40.2. The highest BCUT2D eigenvalue weighted by atomic mass is 16.1. The van der Waals surface area contributed by atoms with E-state index in [2.05, 4.69) is 151 Å². The first-order valence-corrected chi connectivity index (χ1v) is 31.1. The molecule has 3 N–H and O–H groups in total. The van der Waals surface area contributed by atoms with Gasteiger partial charge in [0, 0.05) is 103 Å². The third-order valence-electron chi connectivity index (χ3n) is 10.9. The number of pyridine rings is 4. The van der Waals surface area contributed by atoms with Crippen molar-refractivity contribution >= 4 is 33.6 Å². The van der Waals surface area contributed by atoms with Crippen molar-refractivity contribution in [2.75, 3.05) is 0 Å². The van der Waals surface area contributed by atoms with E-state index in [0.717, 1.165) is 28.4 Å². The van der Waals surface area contributed by atoms with Crippen molar-refractivity contribution in [1.82, 2.24) is 58.6 Å². The van der Waals surface area contributed by atoms with Gasteiger partial charge in [0.1, 0.15) is 11.3 Å². The van der Waals surface area contributed by atoms with Crippen LogP contribution in [-0.2, 0) is 0 Å². The second-order valence-corrected chi connectivity index (χ2v) is 17.9. The van der Waals surface area contributed by atoms with Crippen molar-refractivity contribution in [2.24, 2.45) is 0 Å². The molecule has 462 valence electrons. The quantitative estimate of drug-likeness (QED) is 0.148. The molecule has 0 amide bonds. The van der Waals surface area contributed by atoms with Gasteiger partial charge in [0.05, 0.1) is 6.20 Å². The lowest BCUT2D eigenvalue weighted by Gasteiger charge is -2.06. The number of fused-ring (bicyclic) bond motifs is 4. The van der Waals surface area contributed by atoms with Crippen LogP contribution < -0.4 is 5.56 Å². The van der Waals surface area contributed by atoms with Crippen molar-refractivity contribution < 1.29 is 0 Å². The van der Waals surface area contributed by atoms with Crippen molar-refractivity contribution in [3.8, 4) is 0 Å². The van der Waals surface area contributed by atoms with E-state index in [0.29, 0.717) is 35.5 Å². The Labute approximate surface area is 504 Å². The van der Waals surface area contributed by atoms with E-state index in [9.17, 15) is 4.79 Å². The monoisotopic (exact) mass is 1140 g/mol. The second kappa shape index (κ2) is 51.6. The molecule has 0 radical (unpaired) electrons. The third kappa shape index (κ3) is 30.0. The average molecular weight is 1140 g/mol. The largest absolute Gasteiger partial charge is 0.346 e. The van der Waals surface area contributed by atoms with Gasteiger partial charge in [0.15, 0.2) is 0 Å². The molecule has 10 heterocycles. The minimum Gasteiger partial charge on any atom is -0.346 e. The standard InChI is InChI=1S/2C10H12N2.2C9H11N3.C8H11NO.C8H11N.8C2H6/c1-7(2)8-3-5-11-10-9(8)4-6-12-10;1-7(2)9-6-12-10-8(9)4-3-5-11-10;1-7(2)8-3-4-10-9-11-5-6-12(8)9;1-7(2)8-6-11-9-10-4-3-5-12(8)9;1-6(2)7-3-4-9-8(10)5-7;1-7(2)8-3-5-9-6-4-8;8*1-2/h2*3-7H,1-2H3,(H,11,12);2*3-7H,1-2H3;3-6H,1-2H3,(H,9,10);3-7H,1-2H3;8*1-2H3. The number of nitrogens with zero attached hydrogens (tertiary/aromatic N) is 9. The molecule has 0 spiro atoms. The topological polar surface area (TPSA) is 163 Å². The van der Waals surface area contributed by atoms with E-state index >= 15 is 0 Å². The van der Waals surface area contributed by atoms with Crippen LogP contribution in [-0.4, -0.2) is 58.6 Å². The van der Waals surface area contributed by atoms with Gasteiger partial charge >= 0.3 is 0 Å². The van der Waals surface area contributed by atoms with Gasteiger partial charge in [-0.25, -0.2) is 29.9 Å². The molecule has 0 aromatic carbocycles. The summed E-state index contributed by atoms with van der Waals surface area (Å²) in [6.07, 6.45) is 24.1. The smallest absolute Gasteiger partial charge is 0.248 e. The van der Waals surface area contributed by atoms with Crippen LogP contribution >= 0.6 is 0 Å². The zero-order valence-corrected chi connectivity index (χ0v) is 57.2. The van der Waals surface area contributed by atoms with Crippen LogP contribution in [0.5, 0.6) is 0 Å². The number of H-pyrrole nitrogens is 3. The summed E-state index contributed by atoms with van der Waals surface area (Å²) >= 11 is 0. The predicted octanol–water partition coefficient (Wildman–Crippen LogP) is 21.0. The van der Waals surface area contributed by atoms with Crippen LogP contribution in [0, 0.1) is 0 Å². The molecule has 83 heavy (non-hydrogen) atoms. The Morgan fingerprint density at radius 2 is 0.843 bits per heavy atom. The lowest BCUT2D eigenvalue weighted by atomic mass is 10.0. The normalized spacial score (nSPS) is 9.42. The maximum Gasteiger partial charge on any atom is 0.248 e. The molecule has 0 unspecified atom stereocenters. The fraction of sp³-hybridized carbons (Fsp3) is 0.486. The lowest BCUT2D eigenvalue weighted by Crippen LogP contribution is -2.04. The van der Waals surface area contributed by atoms with Crippen LogP contribution in [0.2, 0.25) is 0 Å². The maximum absolute atomic E-state index is 10.7. The first kappa shape index (κ1) is 82.2. The molecule has 13 nitrogen and oxygen atoms in total. The Morgan fingerprint density at radius 1 is 0.373 bits per heavy atom. The van der Waals surface area contributed by atoms with Gasteiger partial charge in [-0.15, -0.1) is 0 Å². The third-order valence-corrected chi connectivity index (χ3v) is 10.9. The molecule has 0 saturated carbocycles.